The Morgan fingerprint density at radius 3 is 2.95 bits per heavy atom. The molecule has 0 fully saturated rings. The van der Waals surface area contributed by atoms with Gasteiger partial charge in [-0.2, -0.15) is 4.98 Å². The zero-order chi connectivity index (χ0) is 14.4. The Kier molecular flexibility index (Phi) is 5.06. The maximum absolute atomic E-state index is 9.47. The van der Waals surface area contributed by atoms with Crippen molar-refractivity contribution in [1.82, 2.24) is 15.0 Å². The van der Waals surface area contributed by atoms with Gasteiger partial charge in [-0.05, 0) is 18.6 Å². The Labute approximate surface area is 118 Å². The van der Waals surface area contributed by atoms with E-state index >= 15 is 0 Å². The predicted octanol–water partition coefficient (Wildman–Crippen LogP) is 1.96. The second-order valence-electron chi connectivity index (χ2n) is 4.82. The summed E-state index contributed by atoms with van der Waals surface area (Å²) in [7, 11) is 0. The number of nitrogen functional groups attached to an aromatic ring is 1. The summed E-state index contributed by atoms with van der Waals surface area (Å²) < 4.78 is 0. The molecule has 0 radical (unpaired) electrons. The normalized spacial score (nSPS) is 12.5. The van der Waals surface area contributed by atoms with E-state index in [1.807, 2.05) is 12.1 Å². The van der Waals surface area contributed by atoms with Crippen LogP contribution in [0.4, 0.5) is 11.8 Å². The van der Waals surface area contributed by atoms with E-state index in [2.05, 4.69) is 27.2 Å². The highest BCUT2D eigenvalue weighted by Crippen LogP contribution is 2.20. The number of nitrogens with one attached hydrogen (secondary N) is 1. The molecule has 0 bridgehead atoms. The molecular weight excluding hydrogens is 254 g/mol. The van der Waals surface area contributed by atoms with E-state index < -0.39 is 0 Å². The second-order valence-corrected chi connectivity index (χ2v) is 4.82. The average molecular weight is 275 g/mol. The van der Waals surface area contributed by atoms with Crippen LogP contribution in [0, 0.1) is 0 Å². The van der Waals surface area contributed by atoms with Gasteiger partial charge in [0.1, 0.15) is 5.52 Å². The Morgan fingerprint density at radius 2 is 2.20 bits per heavy atom. The fourth-order valence-corrected chi connectivity index (χ4v) is 2.13. The van der Waals surface area contributed by atoms with Gasteiger partial charge < -0.3 is 16.2 Å². The summed E-state index contributed by atoms with van der Waals surface area (Å²) in [5.41, 5.74) is 7.09. The van der Waals surface area contributed by atoms with Crippen molar-refractivity contribution >= 4 is 22.8 Å². The summed E-state index contributed by atoms with van der Waals surface area (Å²) in [4.78, 5) is 12.6. The number of aliphatic hydroxyl groups is 1. The first-order valence-corrected chi connectivity index (χ1v) is 7.00. The fraction of sp³-hybridized carbons (Fsp3) is 0.500. The Bertz CT molecular complexity index is 560. The highest BCUT2D eigenvalue weighted by Gasteiger charge is 2.12. The third kappa shape index (κ3) is 3.54. The van der Waals surface area contributed by atoms with Gasteiger partial charge in [-0.15, -0.1) is 0 Å². The number of hydrogen-bond donors (Lipinski definition) is 3. The minimum absolute atomic E-state index is 0.0407. The molecule has 1 atom stereocenters. The largest absolute Gasteiger partial charge is 0.394 e. The van der Waals surface area contributed by atoms with E-state index in [1.54, 1.807) is 6.20 Å². The topological polar surface area (TPSA) is 97.0 Å². The van der Waals surface area contributed by atoms with Gasteiger partial charge in [-0.3, -0.25) is 4.98 Å². The van der Waals surface area contributed by atoms with Crippen LogP contribution in [0.15, 0.2) is 18.3 Å². The molecule has 2 heterocycles. The molecule has 2 aromatic rings. The standard InChI is InChI=1S/C14H21N5O/c1-2-3-4-6-10(9-20)17-13-12-11(7-5-8-16-12)18-14(15)19-13/h5,7-8,10,20H,2-4,6,9H2,1H3,(H3,15,17,18,19)/t10-/m1/s1. The van der Waals surface area contributed by atoms with E-state index in [1.165, 1.54) is 0 Å². The molecule has 0 spiro atoms. The number of unbranched alkanes of at least 4 members (excludes halogenated alkanes) is 2. The van der Waals surface area contributed by atoms with Crippen molar-refractivity contribution < 1.29 is 5.11 Å². The van der Waals surface area contributed by atoms with Crippen molar-refractivity contribution in [2.24, 2.45) is 0 Å². The smallest absolute Gasteiger partial charge is 0.222 e. The quantitative estimate of drug-likeness (QED) is 0.668. The van der Waals surface area contributed by atoms with Gasteiger partial charge in [0.15, 0.2) is 5.82 Å². The van der Waals surface area contributed by atoms with Gasteiger partial charge in [0.25, 0.3) is 0 Å². The highest BCUT2D eigenvalue weighted by atomic mass is 16.3. The monoisotopic (exact) mass is 275 g/mol. The average Bonchev–Trinajstić information content (AvgIpc) is 2.46. The van der Waals surface area contributed by atoms with Crippen molar-refractivity contribution in [3.8, 4) is 0 Å². The number of aliphatic hydroxyl groups excluding tert-OH is 1. The summed E-state index contributed by atoms with van der Waals surface area (Å²) in [5, 5.41) is 12.7. The third-order valence-corrected chi connectivity index (χ3v) is 3.19. The maximum atomic E-state index is 9.47. The second kappa shape index (κ2) is 7.00. The maximum Gasteiger partial charge on any atom is 0.222 e. The minimum atomic E-state index is -0.0407. The number of fused-ring (bicyclic) bond motifs is 1. The number of anilines is 2. The van der Waals surface area contributed by atoms with Crippen molar-refractivity contribution in [3.63, 3.8) is 0 Å². The number of pyridine rings is 1. The molecule has 0 unspecified atom stereocenters. The van der Waals surface area contributed by atoms with Gasteiger partial charge in [-0.25, -0.2) is 4.98 Å². The molecule has 0 aliphatic carbocycles. The first-order chi connectivity index (χ1) is 9.74. The van der Waals surface area contributed by atoms with Crippen molar-refractivity contribution in [1.29, 1.82) is 0 Å². The molecule has 20 heavy (non-hydrogen) atoms. The van der Waals surface area contributed by atoms with E-state index in [4.69, 9.17) is 5.73 Å². The van der Waals surface area contributed by atoms with Crippen LogP contribution >= 0.6 is 0 Å². The zero-order valence-corrected chi connectivity index (χ0v) is 11.7. The fourth-order valence-electron chi connectivity index (χ4n) is 2.13. The van der Waals surface area contributed by atoms with Crippen LogP contribution in [-0.2, 0) is 0 Å². The lowest BCUT2D eigenvalue weighted by Crippen LogP contribution is -2.24. The van der Waals surface area contributed by atoms with Crippen molar-refractivity contribution in [2.45, 2.75) is 38.6 Å². The Balaban J connectivity index is 2.18. The summed E-state index contributed by atoms with van der Waals surface area (Å²) >= 11 is 0. The summed E-state index contributed by atoms with van der Waals surface area (Å²) in [5.74, 6) is 0.793. The van der Waals surface area contributed by atoms with Gasteiger partial charge in [0.05, 0.1) is 18.2 Å². The molecule has 0 saturated heterocycles. The van der Waals surface area contributed by atoms with E-state index in [0.717, 1.165) is 25.7 Å². The number of hydrogen-bond acceptors (Lipinski definition) is 6. The predicted molar refractivity (Wildman–Crippen MR) is 80.4 cm³/mol. The van der Waals surface area contributed by atoms with Crippen LogP contribution in [0.25, 0.3) is 11.0 Å². The first kappa shape index (κ1) is 14.5. The van der Waals surface area contributed by atoms with E-state index in [0.29, 0.717) is 16.9 Å². The highest BCUT2D eigenvalue weighted by molar-refractivity contribution is 5.85. The molecule has 6 heteroatoms. The molecule has 4 N–H and O–H groups in total. The summed E-state index contributed by atoms with van der Waals surface area (Å²) in [6, 6.07) is 3.61. The molecule has 6 nitrogen and oxygen atoms in total. The Morgan fingerprint density at radius 1 is 1.35 bits per heavy atom. The van der Waals surface area contributed by atoms with Gasteiger partial charge >= 0.3 is 0 Å². The Hall–Kier alpha value is -1.95. The number of nitrogens with two attached hydrogens (primary N) is 1. The molecule has 0 aliphatic rings. The molecule has 0 aromatic carbocycles. The zero-order valence-electron chi connectivity index (χ0n) is 11.7. The van der Waals surface area contributed by atoms with Crippen LogP contribution < -0.4 is 11.1 Å². The summed E-state index contributed by atoms with van der Waals surface area (Å²) in [6.45, 7) is 2.21. The molecule has 108 valence electrons. The molecule has 0 aliphatic heterocycles. The van der Waals surface area contributed by atoms with Gasteiger partial charge in [0, 0.05) is 6.20 Å². The lowest BCUT2D eigenvalue weighted by Gasteiger charge is -2.17. The SMILES string of the molecule is CCCCC[C@H](CO)Nc1nc(N)nc2cccnc12. The lowest BCUT2D eigenvalue weighted by atomic mass is 10.1. The van der Waals surface area contributed by atoms with Crippen LogP contribution in [0.2, 0.25) is 0 Å². The number of aromatic nitrogens is 3. The van der Waals surface area contributed by atoms with Gasteiger partial charge in [-0.1, -0.05) is 26.2 Å². The van der Waals surface area contributed by atoms with Crippen molar-refractivity contribution in [2.75, 3.05) is 17.7 Å². The third-order valence-electron chi connectivity index (χ3n) is 3.19. The summed E-state index contributed by atoms with van der Waals surface area (Å²) in [6.07, 6.45) is 5.97. The number of rotatable bonds is 7. The van der Waals surface area contributed by atoms with Crippen molar-refractivity contribution in [3.05, 3.63) is 18.3 Å². The lowest BCUT2D eigenvalue weighted by molar-refractivity contribution is 0.266. The molecular formula is C14H21N5O. The first-order valence-electron chi connectivity index (χ1n) is 7.00. The molecule has 0 saturated carbocycles. The van der Waals surface area contributed by atoms with Crippen LogP contribution in [0.1, 0.15) is 32.6 Å². The van der Waals surface area contributed by atoms with E-state index in [-0.39, 0.29) is 18.6 Å². The van der Waals surface area contributed by atoms with Crippen LogP contribution in [-0.4, -0.2) is 32.7 Å². The van der Waals surface area contributed by atoms with Crippen LogP contribution in [0.3, 0.4) is 0 Å². The molecule has 0 amide bonds. The minimum Gasteiger partial charge on any atom is -0.394 e. The van der Waals surface area contributed by atoms with Gasteiger partial charge in [0.2, 0.25) is 5.95 Å². The molecule has 2 aromatic heterocycles. The van der Waals surface area contributed by atoms with E-state index in [9.17, 15) is 5.11 Å². The molecule has 2 rings (SSSR count). The number of nitrogens with zero attached hydrogens (tertiary/aromatic N) is 3. The van der Waals surface area contributed by atoms with Crippen LogP contribution in [0.5, 0.6) is 0 Å².